The normalized spacial score (nSPS) is 15.2. The van der Waals surface area contributed by atoms with E-state index in [0.717, 1.165) is 16.5 Å². The van der Waals surface area contributed by atoms with Crippen LogP contribution in [0.2, 0.25) is 0 Å². The molecule has 0 fully saturated rings. The van der Waals surface area contributed by atoms with Crippen LogP contribution in [0.4, 0.5) is 0 Å². The van der Waals surface area contributed by atoms with Gasteiger partial charge in [0, 0.05) is 4.47 Å². The first-order valence-electron chi connectivity index (χ1n) is 6.40. The molecule has 108 valence electrons. The number of carbonyl (C=O) groups is 1. The third-order valence-corrected chi connectivity index (χ3v) is 6.86. The van der Waals surface area contributed by atoms with Crippen molar-refractivity contribution in [1.29, 1.82) is 0 Å². The molecule has 0 saturated heterocycles. The fraction of sp³-hybridized carbons (Fsp3) is 0.188. The van der Waals surface area contributed by atoms with Crippen LogP contribution in [0.3, 0.4) is 0 Å². The Labute approximate surface area is 148 Å². The molecule has 1 N–H and O–H groups in total. The number of halogens is 3. The van der Waals surface area contributed by atoms with Crippen LogP contribution in [0.5, 0.6) is 0 Å². The molecule has 3 rings (SSSR count). The number of alkyl halides is 2. The lowest BCUT2D eigenvalue weighted by Crippen LogP contribution is -2.18. The summed E-state index contributed by atoms with van der Waals surface area (Å²) in [6.07, 6.45) is 0.887. The Hall–Kier alpha value is -0.650. The van der Waals surface area contributed by atoms with E-state index in [1.807, 2.05) is 12.1 Å². The summed E-state index contributed by atoms with van der Waals surface area (Å²) in [5, 5.41) is 9.10. The maximum Gasteiger partial charge on any atom is 0.318 e. The topological polar surface area (TPSA) is 37.3 Å². The summed E-state index contributed by atoms with van der Waals surface area (Å²) >= 11 is 10.2. The highest BCUT2D eigenvalue weighted by atomic mass is 79.9. The molecule has 0 aliphatic heterocycles. The molecule has 21 heavy (non-hydrogen) atoms. The molecule has 2 aromatic carbocycles. The fourth-order valence-electron chi connectivity index (χ4n) is 2.66. The minimum atomic E-state index is -0.871. The Bertz CT molecular complexity index is 727. The van der Waals surface area contributed by atoms with Gasteiger partial charge in [0.2, 0.25) is 0 Å². The quantitative estimate of drug-likeness (QED) is 0.523. The summed E-state index contributed by atoms with van der Waals surface area (Å²) in [5.41, 5.74) is 6.03. The lowest BCUT2D eigenvalue weighted by atomic mass is 10.0. The molecule has 0 radical (unpaired) electrons. The molecule has 0 amide bonds. The van der Waals surface area contributed by atoms with Crippen molar-refractivity contribution in [3.63, 3.8) is 0 Å². The van der Waals surface area contributed by atoms with Crippen LogP contribution >= 0.6 is 47.8 Å². The number of fused-ring (bicyclic) bond motifs is 3. The number of benzene rings is 2. The summed E-state index contributed by atoms with van der Waals surface area (Å²) in [4.78, 5) is 10.2. The molecule has 0 spiro atoms. The van der Waals surface area contributed by atoms with Gasteiger partial charge in [0.05, 0.1) is 4.83 Å². The van der Waals surface area contributed by atoms with Crippen molar-refractivity contribution in [3.05, 3.63) is 57.6 Å². The maximum atomic E-state index is 11.1. The van der Waals surface area contributed by atoms with Gasteiger partial charge in [0.15, 0.2) is 0 Å². The van der Waals surface area contributed by atoms with E-state index in [1.165, 1.54) is 22.3 Å². The molecule has 2 nitrogen and oxygen atoms in total. The van der Waals surface area contributed by atoms with Crippen LogP contribution in [0.25, 0.3) is 11.1 Å². The number of aliphatic carboxylic acids is 1. The van der Waals surface area contributed by atoms with Crippen molar-refractivity contribution in [3.8, 4) is 11.1 Å². The van der Waals surface area contributed by atoms with Gasteiger partial charge in [0.1, 0.15) is 4.83 Å². The Morgan fingerprint density at radius 2 is 1.67 bits per heavy atom. The fourth-order valence-corrected chi connectivity index (χ4v) is 3.89. The van der Waals surface area contributed by atoms with Gasteiger partial charge in [-0.05, 0) is 46.4 Å². The smallest absolute Gasteiger partial charge is 0.318 e. The van der Waals surface area contributed by atoms with E-state index in [2.05, 4.69) is 72.1 Å². The molecule has 2 aromatic rings. The number of carboxylic acid groups (broad SMARTS) is 1. The van der Waals surface area contributed by atoms with E-state index in [1.54, 1.807) is 0 Å². The number of hydrogen-bond acceptors (Lipinski definition) is 1. The summed E-state index contributed by atoms with van der Waals surface area (Å²) in [5.74, 6) is -0.871. The van der Waals surface area contributed by atoms with Crippen molar-refractivity contribution >= 4 is 53.8 Å². The molecule has 0 bridgehead atoms. The van der Waals surface area contributed by atoms with Crippen molar-refractivity contribution in [2.24, 2.45) is 0 Å². The van der Waals surface area contributed by atoms with Crippen LogP contribution < -0.4 is 0 Å². The number of rotatable bonds is 3. The van der Waals surface area contributed by atoms with Crippen LogP contribution in [-0.2, 0) is 11.2 Å². The van der Waals surface area contributed by atoms with Gasteiger partial charge >= 0.3 is 5.97 Å². The highest BCUT2D eigenvalue weighted by Gasteiger charge is 2.26. The average molecular weight is 475 g/mol. The van der Waals surface area contributed by atoms with Gasteiger partial charge in [-0.25, -0.2) is 0 Å². The predicted molar refractivity (Wildman–Crippen MR) is 94.4 cm³/mol. The monoisotopic (exact) mass is 472 g/mol. The standard InChI is InChI=1S/C16H11Br3O2/c17-11-2-4-13-10(7-11)6-9-5-8(1-3-12(9)13)14(18)15(19)16(20)21/h1-5,7,14-15H,6H2,(H,20,21). The highest BCUT2D eigenvalue weighted by molar-refractivity contribution is 9.12. The SMILES string of the molecule is O=C(O)C(Br)C(Br)c1ccc2c(c1)Cc1cc(Br)ccc1-2. The molecule has 5 heteroatoms. The second kappa shape index (κ2) is 5.86. The van der Waals surface area contributed by atoms with E-state index in [0.29, 0.717) is 0 Å². The summed E-state index contributed by atoms with van der Waals surface area (Å²) < 4.78 is 1.08. The zero-order chi connectivity index (χ0) is 15.1. The number of hydrogen-bond donors (Lipinski definition) is 1. The molecular formula is C16H11Br3O2. The van der Waals surface area contributed by atoms with Gasteiger partial charge < -0.3 is 5.11 Å². The van der Waals surface area contributed by atoms with Gasteiger partial charge in [-0.2, -0.15) is 0 Å². The Morgan fingerprint density at radius 1 is 1.05 bits per heavy atom. The van der Waals surface area contributed by atoms with Gasteiger partial charge in [-0.1, -0.05) is 72.1 Å². The molecular weight excluding hydrogens is 464 g/mol. The minimum absolute atomic E-state index is 0.254. The average Bonchev–Trinajstić information content (AvgIpc) is 2.81. The lowest BCUT2D eigenvalue weighted by molar-refractivity contribution is -0.136. The molecule has 0 saturated carbocycles. The molecule has 0 aromatic heterocycles. The third-order valence-electron chi connectivity index (χ3n) is 3.68. The van der Waals surface area contributed by atoms with Gasteiger partial charge in [-0.3, -0.25) is 4.79 Å². The van der Waals surface area contributed by atoms with Gasteiger partial charge in [0.25, 0.3) is 0 Å². The van der Waals surface area contributed by atoms with E-state index < -0.39 is 10.8 Å². The molecule has 1 aliphatic rings. The predicted octanol–water partition coefficient (Wildman–Crippen LogP) is 5.30. The van der Waals surface area contributed by atoms with E-state index >= 15 is 0 Å². The molecule has 1 aliphatic carbocycles. The van der Waals surface area contributed by atoms with Crippen molar-refractivity contribution < 1.29 is 9.90 Å². The Balaban J connectivity index is 1.97. The zero-order valence-corrected chi connectivity index (χ0v) is 15.6. The first-order chi connectivity index (χ1) is 9.97. The maximum absolute atomic E-state index is 11.1. The molecule has 2 atom stereocenters. The second-order valence-corrected chi connectivity index (χ2v) is 7.93. The zero-order valence-electron chi connectivity index (χ0n) is 10.8. The minimum Gasteiger partial charge on any atom is -0.480 e. The van der Waals surface area contributed by atoms with Crippen molar-refractivity contribution in [1.82, 2.24) is 0 Å². The molecule has 2 unspecified atom stereocenters. The first-order valence-corrected chi connectivity index (χ1v) is 9.02. The lowest BCUT2D eigenvalue weighted by Gasteiger charge is -2.14. The van der Waals surface area contributed by atoms with E-state index in [-0.39, 0.29) is 4.83 Å². The van der Waals surface area contributed by atoms with Crippen molar-refractivity contribution in [2.45, 2.75) is 16.1 Å². The van der Waals surface area contributed by atoms with Gasteiger partial charge in [-0.15, -0.1) is 0 Å². The number of carboxylic acids is 1. The van der Waals surface area contributed by atoms with E-state index in [9.17, 15) is 4.79 Å². The van der Waals surface area contributed by atoms with Crippen LogP contribution in [0.1, 0.15) is 21.5 Å². The highest BCUT2D eigenvalue weighted by Crippen LogP contribution is 2.41. The van der Waals surface area contributed by atoms with Crippen LogP contribution in [0.15, 0.2) is 40.9 Å². The second-order valence-electron chi connectivity index (χ2n) is 5.04. The first kappa shape index (κ1) is 15.3. The summed E-state index contributed by atoms with van der Waals surface area (Å²) in [6, 6.07) is 12.5. The third kappa shape index (κ3) is 2.83. The largest absolute Gasteiger partial charge is 0.480 e. The van der Waals surface area contributed by atoms with E-state index in [4.69, 9.17) is 5.11 Å². The summed E-state index contributed by atoms with van der Waals surface area (Å²) in [6.45, 7) is 0. The Morgan fingerprint density at radius 3 is 2.33 bits per heavy atom. The van der Waals surface area contributed by atoms with Crippen LogP contribution in [-0.4, -0.2) is 15.9 Å². The molecule has 0 heterocycles. The Kier molecular flexibility index (Phi) is 4.26. The van der Waals surface area contributed by atoms with Crippen molar-refractivity contribution in [2.75, 3.05) is 0 Å². The summed E-state index contributed by atoms with van der Waals surface area (Å²) in [7, 11) is 0. The van der Waals surface area contributed by atoms with Crippen LogP contribution in [0, 0.1) is 0 Å².